The van der Waals surface area contributed by atoms with Crippen molar-refractivity contribution < 1.29 is 9.22 Å². The highest BCUT2D eigenvalue weighted by atomic mass is 28.2. The molecule has 0 aliphatic rings. The van der Waals surface area contributed by atoms with Crippen molar-refractivity contribution in [2.24, 2.45) is 5.92 Å². The standard InChI is InChI=1S/C11H14O2Si/c1-9(11(12)13-14)7-8-10-5-3-2-4-6-10/h2-9H,1,14H3. The van der Waals surface area contributed by atoms with Crippen LogP contribution in [0.25, 0.3) is 6.08 Å². The summed E-state index contributed by atoms with van der Waals surface area (Å²) in [5, 5.41) is 0. The van der Waals surface area contributed by atoms with Gasteiger partial charge in [0.1, 0.15) is 0 Å². The summed E-state index contributed by atoms with van der Waals surface area (Å²) in [6, 6.07) is 9.89. The van der Waals surface area contributed by atoms with Crippen LogP contribution in [0.2, 0.25) is 0 Å². The fourth-order valence-electron chi connectivity index (χ4n) is 1.08. The number of carbonyl (C=O) groups is 1. The second-order valence-corrected chi connectivity index (χ2v) is 3.49. The van der Waals surface area contributed by atoms with E-state index >= 15 is 0 Å². The van der Waals surface area contributed by atoms with Crippen LogP contribution in [0.4, 0.5) is 0 Å². The van der Waals surface area contributed by atoms with Crippen LogP contribution in [0, 0.1) is 5.92 Å². The first-order valence-electron chi connectivity index (χ1n) is 4.55. The van der Waals surface area contributed by atoms with Gasteiger partial charge in [-0.3, -0.25) is 4.79 Å². The van der Waals surface area contributed by atoms with Crippen LogP contribution in [0.3, 0.4) is 0 Å². The van der Waals surface area contributed by atoms with Gasteiger partial charge in [-0.2, -0.15) is 0 Å². The number of hydrogen-bond acceptors (Lipinski definition) is 2. The lowest BCUT2D eigenvalue weighted by Crippen LogP contribution is -2.10. The van der Waals surface area contributed by atoms with E-state index in [4.69, 9.17) is 4.43 Å². The molecule has 0 aliphatic carbocycles. The Balaban J connectivity index is 2.60. The van der Waals surface area contributed by atoms with Crippen molar-refractivity contribution in [2.75, 3.05) is 0 Å². The maximum atomic E-state index is 11.1. The zero-order valence-corrected chi connectivity index (χ0v) is 10.4. The molecule has 1 unspecified atom stereocenters. The molecule has 0 heterocycles. The first-order valence-corrected chi connectivity index (χ1v) is 5.37. The van der Waals surface area contributed by atoms with Crippen LogP contribution in [-0.4, -0.2) is 16.5 Å². The topological polar surface area (TPSA) is 26.3 Å². The molecule has 74 valence electrons. The van der Waals surface area contributed by atoms with Crippen molar-refractivity contribution in [3.8, 4) is 0 Å². The van der Waals surface area contributed by atoms with Gasteiger partial charge >= 0.3 is 0 Å². The highest BCUT2D eigenvalue weighted by Gasteiger charge is 2.07. The summed E-state index contributed by atoms with van der Waals surface area (Å²) in [4.78, 5) is 11.1. The second-order valence-electron chi connectivity index (χ2n) is 3.08. The van der Waals surface area contributed by atoms with Gasteiger partial charge in [-0.05, 0) is 12.5 Å². The average Bonchev–Trinajstić information content (AvgIpc) is 2.26. The first kappa shape index (κ1) is 10.7. The molecule has 0 bridgehead atoms. The summed E-state index contributed by atoms with van der Waals surface area (Å²) in [7, 11) is 0.465. The van der Waals surface area contributed by atoms with Crippen LogP contribution in [0.1, 0.15) is 12.5 Å². The molecule has 14 heavy (non-hydrogen) atoms. The number of carbonyl (C=O) groups excluding carboxylic acids is 1. The van der Waals surface area contributed by atoms with Gasteiger partial charge in [-0.15, -0.1) is 0 Å². The summed E-state index contributed by atoms with van der Waals surface area (Å²) in [6.07, 6.45) is 3.79. The van der Waals surface area contributed by atoms with Gasteiger partial charge in [-0.1, -0.05) is 42.5 Å². The third-order valence-corrected chi connectivity index (χ3v) is 2.35. The largest absolute Gasteiger partial charge is 0.528 e. The Bertz CT molecular complexity index is 319. The Morgan fingerprint density at radius 3 is 2.64 bits per heavy atom. The molecule has 0 aliphatic heterocycles. The van der Waals surface area contributed by atoms with Crippen molar-refractivity contribution in [1.29, 1.82) is 0 Å². The Hall–Kier alpha value is -1.35. The monoisotopic (exact) mass is 206 g/mol. The predicted octanol–water partition coefficient (Wildman–Crippen LogP) is 1.16. The molecule has 0 aromatic heterocycles. The lowest BCUT2D eigenvalue weighted by molar-refractivity contribution is -0.136. The van der Waals surface area contributed by atoms with E-state index in [-0.39, 0.29) is 11.9 Å². The smallest absolute Gasteiger partial charge is 0.298 e. The van der Waals surface area contributed by atoms with Gasteiger partial charge in [0.2, 0.25) is 10.5 Å². The third-order valence-electron chi connectivity index (χ3n) is 1.95. The minimum absolute atomic E-state index is 0.149. The maximum absolute atomic E-state index is 11.1. The summed E-state index contributed by atoms with van der Waals surface area (Å²) in [5.74, 6) is -0.309. The first-order chi connectivity index (χ1) is 6.74. The van der Waals surface area contributed by atoms with Crippen LogP contribution >= 0.6 is 0 Å². The van der Waals surface area contributed by atoms with Crippen LogP contribution in [0.15, 0.2) is 36.4 Å². The van der Waals surface area contributed by atoms with E-state index in [1.54, 1.807) is 0 Å². The van der Waals surface area contributed by atoms with Gasteiger partial charge < -0.3 is 4.43 Å². The van der Waals surface area contributed by atoms with E-state index in [1.165, 1.54) is 0 Å². The Labute approximate surface area is 87.1 Å². The molecule has 0 saturated heterocycles. The number of rotatable bonds is 3. The fraction of sp³-hybridized carbons (Fsp3) is 0.182. The van der Waals surface area contributed by atoms with Gasteiger partial charge in [0.05, 0.1) is 5.92 Å². The molecule has 2 nitrogen and oxygen atoms in total. The zero-order chi connectivity index (χ0) is 10.4. The maximum Gasteiger partial charge on any atom is 0.298 e. The Morgan fingerprint density at radius 1 is 1.43 bits per heavy atom. The molecule has 1 aromatic rings. The second kappa shape index (κ2) is 5.39. The van der Waals surface area contributed by atoms with Crippen LogP contribution < -0.4 is 0 Å². The summed E-state index contributed by atoms with van der Waals surface area (Å²) in [5.41, 5.74) is 1.10. The van der Waals surface area contributed by atoms with Crippen molar-refractivity contribution in [3.63, 3.8) is 0 Å². The minimum Gasteiger partial charge on any atom is -0.528 e. The van der Waals surface area contributed by atoms with E-state index in [9.17, 15) is 4.79 Å². The lowest BCUT2D eigenvalue weighted by atomic mass is 10.1. The number of hydrogen-bond donors (Lipinski definition) is 0. The van der Waals surface area contributed by atoms with Crippen molar-refractivity contribution in [1.82, 2.24) is 0 Å². The predicted molar refractivity (Wildman–Crippen MR) is 60.7 cm³/mol. The molecule has 1 atom stereocenters. The molecule has 0 N–H and O–H groups in total. The zero-order valence-electron chi connectivity index (χ0n) is 8.44. The summed E-state index contributed by atoms with van der Waals surface area (Å²) < 4.78 is 4.75. The van der Waals surface area contributed by atoms with Gasteiger partial charge in [0.15, 0.2) is 0 Å². The van der Waals surface area contributed by atoms with E-state index in [0.717, 1.165) is 5.56 Å². The fourth-order valence-corrected chi connectivity index (χ4v) is 1.46. The van der Waals surface area contributed by atoms with Crippen molar-refractivity contribution in [2.45, 2.75) is 6.92 Å². The van der Waals surface area contributed by atoms with E-state index in [2.05, 4.69) is 0 Å². The third kappa shape index (κ3) is 3.18. The molecule has 1 aromatic carbocycles. The van der Waals surface area contributed by atoms with Gasteiger partial charge in [0.25, 0.3) is 5.97 Å². The van der Waals surface area contributed by atoms with Crippen LogP contribution in [0.5, 0.6) is 0 Å². The van der Waals surface area contributed by atoms with E-state index in [0.29, 0.717) is 10.5 Å². The lowest BCUT2D eigenvalue weighted by Gasteiger charge is -2.03. The van der Waals surface area contributed by atoms with Gasteiger partial charge in [0, 0.05) is 0 Å². The number of benzene rings is 1. The van der Waals surface area contributed by atoms with Crippen molar-refractivity contribution >= 4 is 22.5 Å². The Kier molecular flexibility index (Phi) is 4.13. The summed E-state index contributed by atoms with van der Waals surface area (Å²) in [6.45, 7) is 1.83. The highest BCUT2D eigenvalue weighted by Crippen LogP contribution is 2.06. The molecule has 0 fully saturated rings. The normalized spacial score (nSPS) is 12.9. The molecular formula is C11H14O2Si. The quantitative estimate of drug-likeness (QED) is 0.694. The highest BCUT2D eigenvalue weighted by molar-refractivity contribution is 6.05. The molecular weight excluding hydrogens is 192 g/mol. The minimum atomic E-state index is -0.160. The molecule has 3 heteroatoms. The Morgan fingerprint density at radius 2 is 2.07 bits per heavy atom. The average molecular weight is 206 g/mol. The molecule has 0 amide bonds. The molecule has 0 radical (unpaired) electrons. The van der Waals surface area contributed by atoms with Crippen molar-refractivity contribution in [3.05, 3.63) is 42.0 Å². The van der Waals surface area contributed by atoms with Crippen LogP contribution in [-0.2, 0) is 9.22 Å². The summed E-state index contributed by atoms with van der Waals surface area (Å²) >= 11 is 0. The molecule has 0 saturated carbocycles. The van der Waals surface area contributed by atoms with E-state index < -0.39 is 0 Å². The SMILES string of the molecule is CC(C=Cc1ccccc1)C(=O)O[SiH3]. The van der Waals surface area contributed by atoms with Gasteiger partial charge in [-0.25, -0.2) is 0 Å². The van der Waals surface area contributed by atoms with E-state index in [1.807, 2.05) is 49.4 Å². The molecule has 0 spiro atoms. The molecule has 1 rings (SSSR count).